The lowest BCUT2D eigenvalue weighted by atomic mass is 9.57. The van der Waals surface area contributed by atoms with E-state index in [1.807, 2.05) is 6.08 Å². The number of hydrogen-bond donors (Lipinski definition) is 1. The maximum absolute atomic E-state index is 12.2. The zero-order chi connectivity index (χ0) is 15.3. The molecule has 0 heterocycles. The van der Waals surface area contributed by atoms with Crippen LogP contribution in [0, 0.1) is 11.8 Å². The smallest absolute Gasteiger partial charge is 0.157 e. The van der Waals surface area contributed by atoms with Gasteiger partial charge in [0.15, 0.2) is 5.78 Å². The Kier molecular flexibility index (Phi) is 3.77. The summed E-state index contributed by atoms with van der Waals surface area (Å²) in [6.07, 6.45) is 9.97. The molecule has 1 N–H and O–H groups in total. The van der Waals surface area contributed by atoms with Crippen LogP contribution in [-0.4, -0.2) is 41.0 Å². The fourth-order valence-electron chi connectivity index (χ4n) is 5.38. The fraction of sp³-hybridized carbons (Fsp3) is 0.833. The van der Waals surface area contributed by atoms with Gasteiger partial charge in [-0.2, -0.15) is 0 Å². The monoisotopic (exact) mass is 291 g/mol. The van der Waals surface area contributed by atoms with E-state index in [4.69, 9.17) is 0 Å². The standard InChI is InChI=1S/C18H29NO2/c1-4-15-16-10-14(20)12-17(16,19(2)3)11-13-8-6-5-7-9-18(13,15)21/h10,13,15,21H,4-9,11-12H2,1-3H3. The second-order valence-electron chi connectivity index (χ2n) is 7.62. The average Bonchev–Trinajstić information content (AvgIpc) is 2.64. The number of likely N-dealkylation sites (N-methyl/N-ethyl adjacent to an activating group) is 1. The van der Waals surface area contributed by atoms with Crippen molar-refractivity contribution in [3.63, 3.8) is 0 Å². The number of carbonyl (C=O) groups is 1. The molecule has 4 atom stereocenters. The summed E-state index contributed by atoms with van der Waals surface area (Å²) < 4.78 is 0. The van der Waals surface area contributed by atoms with Gasteiger partial charge in [-0.3, -0.25) is 9.69 Å². The molecular weight excluding hydrogens is 262 g/mol. The van der Waals surface area contributed by atoms with Gasteiger partial charge in [-0.25, -0.2) is 0 Å². The topological polar surface area (TPSA) is 40.5 Å². The summed E-state index contributed by atoms with van der Waals surface area (Å²) in [5, 5.41) is 11.5. The van der Waals surface area contributed by atoms with Gasteiger partial charge in [0.05, 0.1) is 5.60 Å². The van der Waals surface area contributed by atoms with Crippen molar-refractivity contribution in [2.75, 3.05) is 14.1 Å². The number of ketones is 1. The zero-order valence-electron chi connectivity index (χ0n) is 13.7. The molecule has 3 aliphatic rings. The molecule has 0 aromatic heterocycles. The molecular formula is C18H29NO2. The Hall–Kier alpha value is -0.670. The molecule has 3 heteroatoms. The van der Waals surface area contributed by atoms with Crippen LogP contribution >= 0.6 is 0 Å². The van der Waals surface area contributed by atoms with E-state index in [9.17, 15) is 9.90 Å². The quantitative estimate of drug-likeness (QED) is 0.850. The molecule has 0 aromatic carbocycles. The van der Waals surface area contributed by atoms with Crippen molar-refractivity contribution < 1.29 is 9.90 Å². The van der Waals surface area contributed by atoms with E-state index in [2.05, 4.69) is 25.9 Å². The highest BCUT2D eigenvalue weighted by Crippen LogP contribution is 2.57. The van der Waals surface area contributed by atoms with Crippen LogP contribution < -0.4 is 0 Å². The number of fused-ring (bicyclic) bond motifs is 2. The molecule has 4 unspecified atom stereocenters. The van der Waals surface area contributed by atoms with Crippen molar-refractivity contribution >= 4 is 5.78 Å². The molecule has 0 aromatic rings. The van der Waals surface area contributed by atoms with Crippen LogP contribution in [0.4, 0.5) is 0 Å². The van der Waals surface area contributed by atoms with Crippen molar-refractivity contribution in [3.05, 3.63) is 11.6 Å². The second kappa shape index (κ2) is 5.20. The lowest BCUT2D eigenvalue weighted by Crippen LogP contribution is -2.60. The summed E-state index contributed by atoms with van der Waals surface area (Å²) in [7, 11) is 4.19. The fourth-order valence-corrected chi connectivity index (χ4v) is 5.38. The molecule has 0 saturated heterocycles. The van der Waals surface area contributed by atoms with Crippen LogP contribution in [0.15, 0.2) is 11.6 Å². The van der Waals surface area contributed by atoms with Crippen molar-refractivity contribution in [1.29, 1.82) is 0 Å². The highest BCUT2D eigenvalue weighted by atomic mass is 16.3. The summed E-state index contributed by atoms with van der Waals surface area (Å²) in [5.41, 5.74) is 0.515. The maximum atomic E-state index is 12.2. The van der Waals surface area contributed by atoms with Crippen LogP contribution in [0.5, 0.6) is 0 Å². The highest BCUT2D eigenvalue weighted by Gasteiger charge is 2.59. The van der Waals surface area contributed by atoms with E-state index in [1.165, 1.54) is 18.4 Å². The maximum Gasteiger partial charge on any atom is 0.157 e. The Balaban J connectivity index is 2.08. The van der Waals surface area contributed by atoms with Crippen molar-refractivity contribution in [2.45, 2.75) is 69.4 Å². The number of hydrogen-bond acceptors (Lipinski definition) is 3. The lowest BCUT2D eigenvalue weighted by Gasteiger charge is -2.55. The van der Waals surface area contributed by atoms with Gasteiger partial charge >= 0.3 is 0 Å². The molecule has 0 spiro atoms. The Labute approximate surface area is 128 Å². The molecule has 3 rings (SSSR count). The minimum Gasteiger partial charge on any atom is -0.389 e. The second-order valence-corrected chi connectivity index (χ2v) is 7.62. The van der Waals surface area contributed by atoms with Gasteiger partial charge in [0.2, 0.25) is 0 Å². The van der Waals surface area contributed by atoms with Gasteiger partial charge in [0.1, 0.15) is 0 Å². The molecule has 3 aliphatic carbocycles. The summed E-state index contributed by atoms with van der Waals surface area (Å²) in [5.74, 6) is 0.746. The normalized spacial score (nSPS) is 43.3. The zero-order valence-corrected chi connectivity index (χ0v) is 13.7. The predicted octanol–water partition coefficient (Wildman–Crippen LogP) is 2.93. The first-order valence-corrected chi connectivity index (χ1v) is 8.59. The largest absolute Gasteiger partial charge is 0.389 e. The van der Waals surface area contributed by atoms with Crippen LogP contribution in [0.2, 0.25) is 0 Å². The van der Waals surface area contributed by atoms with Gasteiger partial charge in [-0.1, -0.05) is 26.2 Å². The summed E-state index contributed by atoms with van der Waals surface area (Å²) in [6, 6.07) is 0. The molecule has 0 radical (unpaired) electrons. The molecule has 118 valence electrons. The van der Waals surface area contributed by atoms with Crippen LogP contribution in [0.1, 0.15) is 58.3 Å². The van der Waals surface area contributed by atoms with Crippen molar-refractivity contribution in [3.8, 4) is 0 Å². The molecule has 0 bridgehead atoms. The Bertz CT molecular complexity index is 470. The number of aliphatic hydroxyl groups is 1. The SMILES string of the molecule is CCC1C2=CC(=O)CC2(N(C)C)CC2CCCCCC21O. The van der Waals surface area contributed by atoms with Crippen LogP contribution in [0.3, 0.4) is 0 Å². The van der Waals surface area contributed by atoms with E-state index in [0.717, 1.165) is 32.1 Å². The number of carbonyl (C=O) groups excluding carboxylic acids is 1. The average molecular weight is 291 g/mol. The van der Waals surface area contributed by atoms with Gasteiger partial charge in [-0.05, 0) is 57.3 Å². The minimum atomic E-state index is -0.582. The third-order valence-electron chi connectivity index (χ3n) is 6.48. The van der Waals surface area contributed by atoms with Gasteiger partial charge < -0.3 is 5.11 Å². The molecule has 3 nitrogen and oxygen atoms in total. The van der Waals surface area contributed by atoms with Gasteiger partial charge in [0.25, 0.3) is 0 Å². The highest BCUT2D eigenvalue weighted by molar-refractivity contribution is 5.95. The van der Waals surface area contributed by atoms with E-state index in [1.54, 1.807) is 0 Å². The number of allylic oxidation sites excluding steroid dienone is 1. The molecule has 2 fully saturated rings. The van der Waals surface area contributed by atoms with Gasteiger partial charge in [-0.15, -0.1) is 0 Å². The minimum absolute atomic E-state index is 0.126. The molecule has 0 amide bonds. The summed E-state index contributed by atoms with van der Waals surface area (Å²) in [6.45, 7) is 2.17. The van der Waals surface area contributed by atoms with E-state index < -0.39 is 5.60 Å². The van der Waals surface area contributed by atoms with Crippen molar-refractivity contribution in [1.82, 2.24) is 4.90 Å². The van der Waals surface area contributed by atoms with E-state index >= 15 is 0 Å². The summed E-state index contributed by atoms with van der Waals surface area (Å²) in [4.78, 5) is 14.4. The number of nitrogens with zero attached hydrogens (tertiary/aromatic N) is 1. The van der Waals surface area contributed by atoms with Crippen molar-refractivity contribution in [2.24, 2.45) is 11.8 Å². The van der Waals surface area contributed by atoms with Gasteiger partial charge in [0, 0.05) is 17.9 Å². The predicted molar refractivity (Wildman–Crippen MR) is 84.0 cm³/mol. The third kappa shape index (κ3) is 2.12. The molecule has 2 saturated carbocycles. The summed E-state index contributed by atoms with van der Waals surface area (Å²) >= 11 is 0. The third-order valence-corrected chi connectivity index (χ3v) is 6.48. The number of rotatable bonds is 2. The van der Waals surface area contributed by atoms with Crippen LogP contribution in [0.25, 0.3) is 0 Å². The van der Waals surface area contributed by atoms with Crippen LogP contribution in [-0.2, 0) is 4.79 Å². The first-order chi connectivity index (χ1) is 9.94. The Morgan fingerprint density at radius 1 is 1.33 bits per heavy atom. The lowest BCUT2D eigenvalue weighted by molar-refractivity contribution is -0.120. The Morgan fingerprint density at radius 2 is 2.10 bits per heavy atom. The first kappa shape index (κ1) is 15.2. The Morgan fingerprint density at radius 3 is 2.76 bits per heavy atom. The molecule has 0 aliphatic heterocycles. The van der Waals surface area contributed by atoms with E-state index in [-0.39, 0.29) is 17.2 Å². The molecule has 21 heavy (non-hydrogen) atoms. The van der Waals surface area contributed by atoms with E-state index in [0.29, 0.717) is 12.3 Å². The first-order valence-electron chi connectivity index (χ1n) is 8.59.